The third kappa shape index (κ3) is 5.06. The maximum atomic E-state index is 12.0. The topological polar surface area (TPSA) is 42.0 Å². The predicted molar refractivity (Wildman–Crippen MR) is 87.6 cm³/mol. The summed E-state index contributed by atoms with van der Waals surface area (Å²) < 4.78 is 0. The molecule has 0 spiro atoms. The van der Waals surface area contributed by atoms with Crippen molar-refractivity contribution in [1.29, 1.82) is 0 Å². The van der Waals surface area contributed by atoms with Crippen LogP contribution in [0.15, 0.2) is 53.7 Å². The van der Waals surface area contributed by atoms with Gasteiger partial charge in [-0.1, -0.05) is 48.5 Å². The molecule has 1 aromatic heterocycles. The van der Waals surface area contributed by atoms with Gasteiger partial charge in [-0.2, -0.15) is 0 Å². The van der Waals surface area contributed by atoms with Crippen molar-refractivity contribution in [3.05, 3.63) is 59.2 Å². The molecule has 5 heteroatoms. The molecule has 21 heavy (non-hydrogen) atoms. The number of hydrogen-bond acceptors (Lipinski definition) is 3. The van der Waals surface area contributed by atoms with Crippen molar-refractivity contribution in [2.24, 2.45) is 0 Å². The van der Waals surface area contributed by atoms with Crippen LogP contribution in [0.1, 0.15) is 24.9 Å². The van der Waals surface area contributed by atoms with E-state index in [4.69, 9.17) is 11.6 Å². The van der Waals surface area contributed by atoms with Crippen LogP contribution in [-0.4, -0.2) is 16.6 Å². The Balaban J connectivity index is 1.89. The van der Waals surface area contributed by atoms with Gasteiger partial charge >= 0.3 is 0 Å². The number of aromatic nitrogens is 1. The number of rotatable bonds is 6. The van der Waals surface area contributed by atoms with Crippen LogP contribution in [-0.2, 0) is 4.79 Å². The van der Waals surface area contributed by atoms with Crippen LogP contribution in [0, 0.1) is 0 Å². The van der Waals surface area contributed by atoms with E-state index >= 15 is 0 Å². The third-order valence-corrected chi connectivity index (χ3v) is 4.20. The van der Waals surface area contributed by atoms with Crippen LogP contribution < -0.4 is 5.32 Å². The average Bonchev–Trinajstić information content (AvgIpc) is 2.52. The highest BCUT2D eigenvalue weighted by Crippen LogP contribution is 2.20. The van der Waals surface area contributed by atoms with Gasteiger partial charge in [0, 0.05) is 11.2 Å². The number of halogens is 1. The van der Waals surface area contributed by atoms with Gasteiger partial charge in [0.2, 0.25) is 5.91 Å². The van der Waals surface area contributed by atoms with Crippen molar-refractivity contribution in [1.82, 2.24) is 10.3 Å². The van der Waals surface area contributed by atoms with Crippen LogP contribution in [0.5, 0.6) is 0 Å². The fourth-order valence-electron chi connectivity index (χ4n) is 1.92. The lowest BCUT2D eigenvalue weighted by atomic mass is 10.0. The molecule has 1 unspecified atom stereocenters. The maximum Gasteiger partial charge on any atom is 0.230 e. The molecule has 0 aliphatic rings. The number of nitrogens with zero attached hydrogens (tertiary/aromatic N) is 1. The van der Waals surface area contributed by atoms with Crippen LogP contribution in [0.4, 0.5) is 0 Å². The average molecular weight is 321 g/mol. The molecule has 2 rings (SSSR count). The van der Waals surface area contributed by atoms with Crippen LogP contribution in [0.3, 0.4) is 0 Å². The smallest absolute Gasteiger partial charge is 0.230 e. The summed E-state index contributed by atoms with van der Waals surface area (Å²) in [4.78, 5) is 16.2. The summed E-state index contributed by atoms with van der Waals surface area (Å²) in [6, 6.07) is 13.3. The van der Waals surface area contributed by atoms with E-state index in [0.29, 0.717) is 10.8 Å². The van der Waals surface area contributed by atoms with Gasteiger partial charge in [0.15, 0.2) is 0 Å². The lowest BCUT2D eigenvalue weighted by Crippen LogP contribution is -2.29. The van der Waals surface area contributed by atoms with Gasteiger partial charge in [-0.05, 0) is 36.2 Å². The Kier molecular flexibility index (Phi) is 6.08. The van der Waals surface area contributed by atoms with Crippen molar-refractivity contribution in [2.45, 2.75) is 24.4 Å². The second kappa shape index (κ2) is 8.05. The van der Waals surface area contributed by atoms with Gasteiger partial charge in [0.05, 0.1) is 16.8 Å². The van der Waals surface area contributed by atoms with E-state index in [1.165, 1.54) is 11.8 Å². The molecular formula is C16H17ClN2OS. The Bertz CT molecular complexity index is 575. The molecule has 1 aromatic carbocycles. The normalized spacial score (nSPS) is 11.9. The number of hydrogen-bond donors (Lipinski definition) is 1. The maximum absolute atomic E-state index is 12.0. The largest absolute Gasteiger partial charge is 0.349 e. The first-order chi connectivity index (χ1) is 10.2. The first-order valence-electron chi connectivity index (χ1n) is 6.77. The SMILES string of the molecule is CCC(NC(=O)CSc1ccccn1)c1ccc(Cl)cc1. The standard InChI is InChI=1S/C16H17ClN2OS/c1-2-14(12-6-8-13(17)9-7-12)19-15(20)11-21-16-5-3-4-10-18-16/h3-10,14H,2,11H2,1H3,(H,19,20). The molecule has 1 N–H and O–H groups in total. The molecule has 0 saturated carbocycles. The third-order valence-electron chi connectivity index (χ3n) is 3.00. The Morgan fingerprint density at radius 1 is 1.29 bits per heavy atom. The predicted octanol–water partition coefficient (Wildman–Crippen LogP) is 4.09. The summed E-state index contributed by atoms with van der Waals surface area (Å²) in [7, 11) is 0. The Morgan fingerprint density at radius 2 is 2.05 bits per heavy atom. The molecule has 0 aliphatic carbocycles. The molecule has 0 bridgehead atoms. The van der Waals surface area contributed by atoms with Crippen molar-refractivity contribution >= 4 is 29.3 Å². The van der Waals surface area contributed by atoms with E-state index < -0.39 is 0 Å². The lowest BCUT2D eigenvalue weighted by Gasteiger charge is -2.17. The van der Waals surface area contributed by atoms with E-state index in [1.807, 2.05) is 49.4 Å². The molecule has 0 aliphatic heterocycles. The molecule has 1 atom stereocenters. The minimum Gasteiger partial charge on any atom is -0.349 e. The fourth-order valence-corrected chi connectivity index (χ4v) is 2.72. The minimum atomic E-state index is 0.00690. The van der Waals surface area contributed by atoms with E-state index in [1.54, 1.807) is 6.20 Å². The summed E-state index contributed by atoms with van der Waals surface area (Å²) in [5, 5.41) is 4.60. The van der Waals surface area contributed by atoms with Crippen molar-refractivity contribution < 1.29 is 4.79 Å². The van der Waals surface area contributed by atoms with Crippen molar-refractivity contribution in [3.63, 3.8) is 0 Å². The molecule has 2 aromatic rings. The second-order valence-electron chi connectivity index (χ2n) is 4.54. The van der Waals surface area contributed by atoms with Crippen LogP contribution >= 0.6 is 23.4 Å². The summed E-state index contributed by atoms with van der Waals surface area (Å²) in [6.07, 6.45) is 2.56. The van der Waals surface area contributed by atoms with E-state index in [-0.39, 0.29) is 11.9 Å². The highest BCUT2D eigenvalue weighted by molar-refractivity contribution is 7.99. The molecule has 1 amide bonds. The number of thioether (sulfide) groups is 1. The second-order valence-corrected chi connectivity index (χ2v) is 5.97. The molecule has 110 valence electrons. The fraction of sp³-hybridized carbons (Fsp3) is 0.250. The van der Waals surface area contributed by atoms with Gasteiger partial charge in [-0.3, -0.25) is 4.79 Å². The van der Waals surface area contributed by atoms with Gasteiger partial charge in [-0.25, -0.2) is 4.98 Å². The zero-order valence-electron chi connectivity index (χ0n) is 11.8. The number of pyridine rings is 1. The van der Waals surface area contributed by atoms with Crippen molar-refractivity contribution in [2.75, 3.05) is 5.75 Å². The summed E-state index contributed by atoms with van der Waals surface area (Å²) in [5.41, 5.74) is 1.07. The number of carbonyl (C=O) groups excluding carboxylic acids is 1. The monoisotopic (exact) mass is 320 g/mol. The first-order valence-corrected chi connectivity index (χ1v) is 8.14. The van der Waals surface area contributed by atoms with E-state index in [2.05, 4.69) is 10.3 Å². The molecule has 0 radical (unpaired) electrons. The van der Waals surface area contributed by atoms with Gasteiger partial charge in [0.25, 0.3) is 0 Å². The van der Waals surface area contributed by atoms with Gasteiger partial charge < -0.3 is 5.32 Å². The van der Waals surface area contributed by atoms with Crippen LogP contribution in [0.25, 0.3) is 0 Å². The summed E-state index contributed by atoms with van der Waals surface area (Å²) >= 11 is 7.32. The number of amides is 1. The highest BCUT2D eigenvalue weighted by atomic mass is 35.5. The van der Waals surface area contributed by atoms with Gasteiger partial charge in [-0.15, -0.1) is 0 Å². The zero-order chi connectivity index (χ0) is 15.1. The number of carbonyl (C=O) groups is 1. The quantitative estimate of drug-likeness (QED) is 0.815. The number of benzene rings is 1. The Hall–Kier alpha value is -1.52. The van der Waals surface area contributed by atoms with Crippen molar-refractivity contribution in [3.8, 4) is 0 Å². The molecule has 0 fully saturated rings. The highest BCUT2D eigenvalue weighted by Gasteiger charge is 2.13. The molecule has 1 heterocycles. The first kappa shape index (κ1) is 15.9. The Morgan fingerprint density at radius 3 is 2.67 bits per heavy atom. The number of nitrogens with one attached hydrogen (secondary N) is 1. The van der Waals surface area contributed by atoms with E-state index in [0.717, 1.165) is 17.0 Å². The lowest BCUT2D eigenvalue weighted by molar-refractivity contribution is -0.119. The molecule has 0 saturated heterocycles. The zero-order valence-corrected chi connectivity index (χ0v) is 13.3. The van der Waals surface area contributed by atoms with E-state index in [9.17, 15) is 4.79 Å². The Labute approximate surface area is 134 Å². The molecular weight excluding hydrogens is 304 g/mol. The summed E-state index contributed by atoms with van der Waals surface area (Å²) in [6.45, 7) is 2.05. The minimum absolute atomic E-state index is 0.00690. The molecule has 3 nitrogen and oxygen atoms in total. The van der Waals surface area contributed by atoms with Gasteiger partial charge in [0.1, 0.15) is 0 Å². The summed E-state index contributed by atoms with van der Waals surface area (Å²) in [5.74, 6) is 0.369. The van der Waals surface area contributed by atoms with Crippen LogP contribution in [0.2, 0.25) is 5.02 Å².